The first-order chi connectivity index (χ1) is 14.9. The van der Waals surface area contributed by atoms with Crippen molar-refractivity contribution >= 4 is 23.3 Å². The topological polar surface area (TPSA) is 76.7 Å². The van der Waals surface area contributed by atoms with Crippen LogP contribution in [-0.4, -0.2) is 62.1 Å². The molecule has 7 nitrogen and oxygen atoms in total. The maximum absolute atomic E-state index is 13.1. The molecule has 1 heterocycles. The first-order valence-corrected chi connectivity index (χ1v) is 10.6. The second-order valence-corrected chi connectivity index (χ2v) is 7.86. The van der Waals surface area contributed by atoms with E-state index in [0.717, 1.165) is 38.4 Å². The summed E-state index contributed by atoms with van der Waals surface area (Å²) in [5.74, 6) is -0.444. The first kappa shape index (κ1) is 22.6. The highest BCUT2D eigenvalue weighted by atomic mass is 19.1. The van der Waals surface area contributed by atoms with Gasteiger partial charge in [0.05, 0.1) is 11.3 Å². The van der Waals surface area contributed by atoms with Crippen LogP contribution in [0.2, 0.25) is 0 Å². The molecule has 166 valence electrons. The number of hydrogen-bond acceptors (Lipinski definition) is 4. The van der Waals surface area contributed by atoms with Crippen LogP contribution in [0.4, 0.5) is 20.6 Å². The second kappa shape index (κ2) is 10.8. The maximum Gasteiger partial charge on any atom is 0.319 e. The van der Waals surface area contributed by atoms with Gasteiger partial charge in [-0.05, 0) is 50.2 Å². The van der Waals surface area contributed by atoms with Gasteiger partial charge in [-0.2, -0.15) is 0 Å². The summed E-state index contributed by atoms with van der Waals surface area (Å²) in [5, 5.41) is 8.43. The van der Waals surface area contributed by atoms with Crippen molar-refractivity contribution in [1.82, 2.24) is 15.5 Å². The smallest absolute Gasteiger partial charge is 0.319 e. The number of carbonyl (C=O) groups is 2. The summed E-state index contributed by atoms with van der Waals surface area (Å²) in [5.41, 5.74) is 1.94. The van der Waals surface area contributed by atoms with Crippen LogP contribution >= 0.6 is 0 Å². The van der Waals surface area contributed by atoms with Crippen molar-refractivity contribution in [1.29, 1.82) is 0 Å². The van der Waals surface area contributed by atoms with E-state index in [1.54, 1.807) is 36.4 Å². The molecule has 8 heteroatoms. The van der Waals surface area contributed by atoms with Crippen LogP contribution in [0.5, 0.6) is 0 Å². The quantitative estimate of drug-likeness (QED) is 0.635. The standard InChI is InChI=1S/C23H30FN5O2/c1-17(2)26-23(31)27-21-6-4-3-5-20(21)22(30)25-11-12-28-13-15-29(16-14-28)19-9-7-18(24)8-10-19/h3-10,17H,11-16H2,1-2H3,(H,25,30)(H2,26,27,31). The van der Waals surface area contributed by atoms with E-state index in [0.29, 0.717) is 17.8 Å². The van der Waals surface area contributed by atoms with Crippen molar-refractivity contribution in [3.8, 4) is 0 Å². The van der Waals surface area contributed by atoms with Crippen LogP contribution in [0.15, 0.2) is 48.5 Å². The predicted octanol–water partition coefficient (Wildman–Crippen LogP) is 2.91. The van der Waals surface area contributed by atoms with Crippen LogP contribution in [0, 0.1) is 5.82 Å². The lowest BCUT2D eigenvalue weighted by molar-refractivity contribution is 0.0948. The number of benzene rings is 2. The third-order valence-electron chi connectivity index (χ3n) is 5.12. The average Bonchev–Trinajstić information content (AvgIpc) is 2.74. The van der Waals surface area contributed by atoms with Gasteiger partial charge in [-0.25, -0.2) is 9.18 Å². The Balaban J connectivity index is 1.45. The van der Waals surface area contributed by atoms with E-state index in [4.69, 9.17) is 0 Å². The molecule has 0 atom stereocenters. The van der Waals surface area contributed by atoms with Crippen LogP contribution in [-0.2, 0) is 0 Å². The summed E-state index contributed by atoms with van der Waals surface area (Å²) in [6.07, 6.45) is 0. The van der Waals surface area contributed by atoms with Crippen LogP contribution < -0.4 is 20.9 Å². The van der Waals surface area contributed by atoms with E-state index in [1.807, 2.05) is 13.8 Å². The molecule has 0 bridgehead atoms. The number of urea groups is 1. The molecular formula is C23H30FN5O2. The number of hydrogen-bond donors (Lipinski definition) is 3. The van der Waals surface area contributed by atoms with Crippen molar-refractivity contribution in [3.63, 3.8) is 0 Å². The Kier molecular flexibility index (Phi) is 7.83. The van der Waals surface area contributed by atoms with Gasteiger partial charge in [0.1, 0.15) is 5.82 Å². The van der Waals surface area contributed by atoms with Crippen molar-refractivity contribution in [2.45, 2.75) is 19.9 Å². The summed E-state index contributed by atoms with van der Waals surface area (Å²) < 4.78 is 13.1. The Bertz CT molecular complexity index is 880. The lowest BCUT2D eigenvalue weighted by Gasteiger charge is -2.36. The molecule has 2 aromatic rings. The third kappa shape index (κ3) is 6.68. The minimum atomic E-state index is -0.339. The molecule has 1 aliphatic heterocycles. The Morgan fingerprint density at radius 2 is 1.68 bits per heavy atom. The maximum atomic E-state index is 13.1. The van der Waals surface area contributed by atoms with Crippen LogP contribution in [0.1, 0.15) is 24.2 Å². The summed E-state index contributed by atoms with van der Waals surface area (Å²) in [7, 11) is 0. The minimum absolute atomic E-state index is 0.00418. The van der Waals surface area contributed by atoms with Gasteiger partial charge in [-0.15, -0.1) is 0 Å². The highest BCUT2D eigenvalue weighted by molar-refractivity contribution is 6.03. The van der Waals surface area contributed by atoms with E-state index < -0.39 is 0 Å². The van der Waals surface area contributed by atoms with Gasteiger partial charge < -0.3 is 20.9 Å². The molecule has 0 saturated carbocycles. The zero-order valence-electron chi connectivity index (χ0n) is 18.0. The van der Waals surface area contributed by atoms with E-state index in [1.165, 1.54) is 12.1 Å². The molecule has 3 rings (SSSR count). The van der Waals surface area contributed by atoms with Gasteiger partial charge in [0.25, 0.3) is 5.91 Å². The van der Waals surface area contributed by atoms with Crippen molar-refractivity contribution in [3.05, 3.63) is 59.9 Å². The third-order valence-corrected chi connectivity index (χ3v) is 5.12. The Hall–Kier alpha value is -3.13. The van der Waals surface area contributed by atoms with Gasteiger partial charge in [0, 0.05) is 51.0 Å². The largest absolute Gasteiger partial charge is 0.369 e. The van der Waals surface area contributed by atoms with Gasteiger partial charge in [0.2, 0.25) is 0 Å². The lowest BCUT2D eigenvalue weighted by Crippen LogP contribution is -2.48. The minimum Gasteiger partial charge on any atom is -0.369 e. The average molecular weight is 428 g/mol. The predicted molar refractivity (Wildman–Crippen MR) is 121 cm³/mol. The molecule has 2 aromatic carbocycles. The van der Waals surface area contributed by atoms with Crippen molar-refractivity contribution in [2.75, 3.05) is 49.5 Å². The van der Waals surface area contributed by atoms with E-state index in [2.05, 4.69) is 25.8 Å². The molecule has 0 aromatic heterocycles. The molecule has 0 aliphatic carbocycles. The number of para-hydroxylation sites is 1. The van der Waals surface area contributed by atoms with Gasteiger partial charge in [-0.1, -0.05) is 12.1 Å². The Morgan fingerprint density at radius 3 is 2.35 bits per heavy atom. The van der Waals surface area contributed by atoms with Crippen molar-refractivity contribution < 1.29 is 14.0 Å². The zero-order valence-corrected chi connectivity index (χ0v) is 18.0. The fraction of sp³-hybridized carbons (Fsp3) is 0.391. The SMILES string of the molecule is CC(C)NC(=O)Nc1ccccc1C(=O)NCCN1CCN(c2ccc(F)cc2)CC1. The molecule has 3 amide bonds. The molecule has 31 heavy (non-hydrogen) atoms. The summed E-state index contributed by atoms with van der Waals surface area (Å²) >= 11 is 0. The normalized spacial score (nSPS) is 14.4. The Morgan fingerprint density at radius 1 is 1.00 bits per heavy atom. The first-order valence-electron chi connectivity index (χ1n) is 10.6. The van der Waals surface area contributed by atoms with Gasteiger partial charge in [0.15, 0.2) is 0 Å². The van der Waals surface area contributed by atoms with E-state index >= 15 is 0 Å². The number of anilines is 2. The van der Waals surface area contributed by atoms with Crippen LogP contribution in [0.25, 0.3) is 0 Å². The highest BCUT2D eigenvalue weighted by Gasteiger charge is 2.18. The number of carbonyl (C=O) groups excluding carboxylic acids is 2. The fourth-order valence-corrected chi connectivity index (χ4v) is 3.52. The zero-order chi connectivity index (χ0) is 22.2. The number of amides is 3. The molecule has 1 saturated heterocycles. The summed E-state index contributed by atoms with van der Waals surface area (Å²) in [4.78, 5) is 29.1. The molecule has 0 spiro atoms. The number of halogens is 1. The highest BCUT2D eigenvalue weighted by Crippen LogP contribution is 2.17. The van der Waals surface area contributed by atoms with Crippen molar-refractivity contribution in [2.24, 2.45) is 0 Å². The van der Waals surface area contributed by atoms with Crippen LogP contribution in [0.3, 0.4) is 0 Å². The number of nitrogens with zero attached hydrogens (tertiary/aromatic N) is 2. The Labute approximate surface area is 182 Å². The molecule has 0 radical (unpaired) electrons. The summed E-state index contributed by atoms with van der Waals surface area (Å²) in [6, 6.07) is 13.2. The van der Waals surface area contributed by atoms with Gasteiger partial charge >= 0.3 is 6.03 Å². The van der Waals surface area contributed by atoms with E-state index in [9.17, 15) is 14.0 Å². The number of nitrogens with one attached hydrogen (secondary N) is 3. The lowest BCUT2D eigenvalue weighted by atomic mass is 10.1. The molecular weight excluding hydrogens is 397 g/mol. The molecule has 3 N–H and O–H groups in total. The number of piperazine rings is 1. The second-order valence-electron chi connectivity index (χ2n) is 7.86. The number of rotatable bonds is 7. The molecule has 1 fully saturated rings. The van der Waals surface area contributed by atoms with E-state index in [-0.39, 0.29) is 23.8 Å². The molecule has 0 unspecified atom stereocenters. The molecule has 1 aliphatic rings. The fourth-order valence-electron chi connectivity index (χ4n) is 3.52. The summed E-state index contributed by atoms with van der Waals surface area (Å²) in [6.45, 7) is 8.47. The van der Waals surface area contributed by atoms with Gasteiger partial charge in [-0.3, -0.25) is 9.69 Å². The monoisotopic (exact) mass is 427 g/mol.